The second-order valence-corrected chi connectivity index (χ2v) is 8.91. The molecular weight excluding hydrogens is 279 g/mol. The highest BCUT2D eigenvalue weighted by Crippen LogP contribution is 2.29. The molecule has 0 aromatic carbocycles. The largest absolute Gasteiger partial charge is 0.403 e. The van der Waals surface area contributed by atoms with E-state index in [1.165, 1.54) is 0 Å². The fourth-order valence-electron chi connectivity index (χ4n) is 3.85. The summed E-state index contributed by atoms with van der Waals surface area (Å²) in [4.78, 5) is 0. The molecule has 21 heavy (non-hydrogen) atoms. The van der Waals surface area contributed by atoms with Gasteiger partial charge in [0.15, 0.2) is 0 Å². The molecule has 0 N–H and O–H groups in total. The van der Waals surface area contributed by atoms with Gasteiger partial charge in [-0.1, -0.05) is 34.5 Å². The third-order valence-electron chi connectivity index (χ3n) is 5.05. The summed E-state index contributed by atoms with van der Waals surface area (Å²) >= 11 is 0. The minimum atomic E-state index is -2.36. The third kappa shape index (κ3) is 3.43. The summed E-state index contributed by atoms with van der Waals surface area (Å²) in [5.41, 5.74) is 0. The maximum Gasteiger partial charge on any atom is 0.403 e. The highest BCUT2D eigenvalue weighted by Gasteiger charge is 2.56. The normalized spacial score (nSPS) is 19.7. The van der Waals surface area contributed by atoms with Crippen molar-refractivity contribution in [1.29, 1.82) is 0 Å². The van der Waals surface area contributed by atoms with Gasteiger partial charge in [-0.15, -0.1) is 0 Å². The molecule has 1 heterocycles. The van der Waals surface area contributed by atoms with E-state index >= 15 is 0 Å². The van der Waals surface area contributed by atoms with E-state index < -0.39 is 8.72 Å². The Morgan fingerprint density at radius 2 is 1.24 bits per heavy atom. The highest BCUT2D eigenvalue weighted by atomic mass is 28.4. The molecule has 5 nitrogen and oxygen atoms in total. The molecule has 1 aliphatic rings. The molecule has 0 saturated carbocycles. The first-order chi connectivity index (χ1) is 9.95. The third-order valence-corrected chi connectivity index (χ3v) is 8.10. The predicted octanol–water partition coefficient (Wildman–Crippen LogP) is 1.94. The van der Waals surface area contributed by atoms with Crippen molar-refractivity contribution >= 4 is 29.7 Å². The van der Waals surface area contributed by atoms with E-state index in [4.69, 9.17) is 8.85 Å². The van der Waals surface area contributed by atoms with Gasteiger partial charge in [0.05, 0.1) is 0 Å². The van der Waals surface area contributed by atoms with Crippen molar-refractivity contribution in [2.75, 3.05) is 27.3 Å². The maximum atomic E-state index is 5.90. The quantitative estimate of drug-likeness (QED) is 0.670. The van der Waals surface area contributed by atoms with Crippen molar-refractivity contribution in [2.45, 2.75) is 53.7 Å². The minimum absolute atomic E-state index is 0.384. The van der Waals surface area contributed by atoms with E-state index in [0.29, 0.717) is 20.9 Å². The highest BCUT2D eigenvalue weighted by molar-refractivity contribution is 6.95. The second kappa shape index (κ2) is 8.17. The summed E-state index contributed by atoms with van der Waals surface area (Å²) in [6, 6.07) is 0. The van der Waals surface area contributed by atoms with Crippen molar-refractivity contribution < 1.29 is 8.85 Å². The standard InChI is InChI=1S/C12H32B3N3O2Si/c1-9-14-16(11-3)13(5)17(12-4)15(10-2)18(14)21(8,19-6)20-7/h9-12H2,1-8H3. The van der Waals surface area contributed by atoms with Gasteiger partial charge in [0.25, 0.3) is 20.9 Å². The zero-order valence-corrected chi connectivity index (χ0v) is 16.2. The average molecular weight is 311 g/mol. The van der Waals surface area contributed by atoms with Crippen molar-refractivity contribution in [1.82, 2.24) is 13.8 Å². The van der Waals surface area contributed by atoms with Gasteiger partial charge < -0.3 is 22.7 Å². The van der Waals surface area contributed by atoms with Crippen LogP contribution in [0.4, 0.5) is 0 Å². The minimum Gasteiger partial charge on any atom is -0.387 e. The Balaban J connectivity index is 3.30. The average Bonchev–Trinajstić information content (AvgIpc) is 2.52. The number of rotatable bonds is 7. The predicted molar refractivity (Wildman–Crippen MR) is 96.3 cm³/mol. The molecule has 0 aromatic rings. The summed E-state index contributed by atoms with van der Waals surface area (Å²) in [6.07, 6.45) is 2.17. The van der Waals surface area contributed by atoms with Gasteiger partial charge >= 0.3 is 8.72 Å². The zero-order valence-electron chi connectivity index (χ0n) is 15.2. The van der Waals surface area contributed by atoms with Gasteiger partial charge in [-0.25, -0.2) is 0 Å². The molecule has 120 valence electrons. The molecule has 1 fully saturated rings. The Kier molecular flexibility index (Phi) is 7.50. The summed E-state index contributed by atoms with van der Waals surface area (Å²) in [6.45, 7) is 16.8. The van der Waals surface area contributed by atoms with Crippen LogP contribution in [0.25, 0.3) is 0 Å². The molecular formula is C12H32B3N3O2Si. The summed E-state index contributed by atoms with van der Waals surface area (Å²) in [7, 11) is 1.22. The molecule has 0 aromatic heterocycles. The van der Waals surface area contributed by atoms with E-state index in [0.717, 1.165) is 25.7 Å². The molecule has 0 aliphatic carbocycles. The first kappa shape index (κ1) is 19.3. The van der Waals surface area contributed by atoms with Crippen LogP contribution in [-0.4, -0.2) is 70.8 Å². The summed E-state index contributed by atoms with van der Waals surface area (Å²) in [5, 5.41) is 0. The van der Waals surface area contributed by atoms with Crippen molar-refractivity contribution in [3.05, 3.63) is 0 Å². The van der Waals surface area contributed by atoms with Crippen LogP contribution in [0.15, 0.2) is 0 Å². The van der Waals surface area contributed by atoms with Gasteiger partial charge in [-0.2, -0.15) is 0 Å². The monoisotopic (exact) mass is 311 g/mol. The smallest absolute Gasteiger partial charge is 0.387 e. The van der Waals surface area contributed by atoms with Crippen LogP contribution >= 0.6 is 0 Å². The van der Waals surface area contributed by atoms with Crippen LogP contribution in [-0.2, 0) is 8.85 Å². The first-order valence-electron chi connectivity index (χ1n) is 8.35. The lowest BCUT2D eigenvalue weighted by Gasteiger charge is -2.56. The van der Waals surface area contributed by atoms with Crippen LogP contribution in [0.2, 0.25) is 26.0 Å². The van der Waals surface area contributed by atoms with Gasteiger partial charge in [0, 0.05) is 14.2 Å². The molecule has 0 unspecified atom stereocenters. The zero-order chi connectivity index (χ0) is 16.2. The van der Waals surface area contributed by atoms with Gasteiger partial charge in [0.1, 0.15) is 0 Å². The Labute approximate surface area is 134 Å². The van der Waals surface area contributed by atoms with Crippen molar-refractivity contribution in [2.24, 2.45) is 0 Å². The molecule has 9 heteroatoms. The first-order valence-corrected chi connectivity index (χ1v) is 10.6. The lowest BCUT2D eigenvalue weighted by atomic mass is 9.44. The fraction of sp³-hybridized carbons (Fsp3) is 1.00. The van der Waals surface area contributed by atoms with Crippen molar-refractivity contribution in [3.63, 3.8) is 0 Å². The Bertz CT molecular complexity index is 306. The number of hydrogen-bond acceptors (Lipinski definition) is 5. The maximum absolute atomic E-state index is 5.90. The molecule has 1 rings (SSSR count). The van der Waals surface area contributed by atoms with Crippen LogP contribution in [0.1, 0.15) is 27.7 Å². The molecule has 0 spiro atoms. The SMILES string of the molecule is CCB1N(CC)B(C)N(CC)B(CC)N1[Si](C)(OC)OC. The van der Waals surface area contributed by atoms with Crippen LogP contribution < -0.4 is 0 Å². The second-order valence-electron chi connectivity index (χ2n) is 5.78. The van der Waals surface area contributed by atoms with Crippen LogP contribution in [0, 0.1) is 0 Å². The fourth-order valence-corrected chi connectivity index (χ4v) is 6.19. The molecule has 1 saturated heterocycles. The van der Waals surface area contributed by atoms with E-state index in [2.05, 4.69) is 54.9 Å². The van der Waals surface area contributed by atoms with Crippen LogP contribution in [0.5, 0.6) is 0 Å². The molecule has 0 radical (unpaired) electrons. The summed E-state index contributed by atoms with van der Waals surface area (Å²) < 4.78 is 19.5. The van der Waals surface area contributed by atoms with Crippen molar-refractivity contribution in [3.8, 4) is 0 Å². The van der Waals surface area contributed by atoms with Gasteiger partial charge in [-0.3, -0.25) is 0 Å². The van der Waals surface area contributed by atoms with E-state index in [1.807, 2.05) is 0 Å². The summed E-state index contributed by atoms with van der Waals surface area (Å²) in [5.74, 6) is 0. The Morgan fingerprint density at radius 3 is 1.48 bits per heavy atom. The topological polar surface area (TPSA) is 28.2 Å². The van der Waals surface area contributed by atoms with Gasteiger partial charge in [0.2, 0.25) is 0 Å². The molecule has 0 bridgehead atoms. The van der Waals surface area contributed by atoms with Gasteiger partial charge in [-0.05, 0) is 32.3 Å². The molecule has 0 amide bonds. The van der Waals surface area contributed by atoms with Crippen LogP contribution in [0.3, 0.4) is 0 Å². The van der Waals surface area contributed by atoms with E-state index in [-0.39, 0.29) is 0 Å². The Morgan fingerprint density at radius 1 is 0.857 bits per heavy atom. The van der Waals surface area contributed by atoms with E-state index in [1.54, 1.807) is 14.2 Å². The number of hydrogen-bond donors (Lipinski definition) is 0. The lowest BCUT2D eigenvalue weighted by molar-refractivity contribution is 0.217. The van der Waals surface area contributed by atoms with E-state index in [9.17, 15) is 0 Å². The molecule has 1 aliphatic heterocycles. The Hall–Kier alpha value is 0.212. The molecule has 0 atom stereocenters. The lowest BCUT2D eigenvalue weighted by Crippen LogP contribution is -2.82. The number of nitrogens with zero attached hydrogens (tertiary/aromatic N) is 3.